The third kappa shape index (κ3) is 3.77. The number of hydrogen-bond acceptors (Lipinski definition) is 1. The van der Waals surface area contributed by atoms with Crippen molar-refractivity contribution in [2.24, 2.45) is 0 Å². The van der Waals surface area contributed by atoms with Crippen LogP contribution in [0.3, 0.4) is 0 Å². The molecule has 0 unspecified atom stereocenters. The van der Waals surface area contributed by atoms with E-state index in [0.29, 0.717) is 0 Å². The van der Waals surface area contributed by atoms with Crippen molar-refractivity contribution < 1.29 is 0 Å². The average molecular weight is 574 g/mol. The number of fused-ring (bicyclic) bond motifs is 6. The van der Waals surface area contributed by atoms with Gasteiger partial charge in [-0.05, 0) is 83.6 Å². The highest BCUT2D eigenvalue weighted by molar-refractivity contribution is 6.24. The van der Waals surface area contributed by atoms with Gasteiger partial charge in [-0.15, -0.1) is 0 Å². The van der Waals surface area contributed by atoms with Gasteiger partial charge in [0.2, 0.25) is 0 Å². The predicted molar refractivity (Wildman–Crippen MR) is 191 cm³/mol. The molecule has 0 N–H and O–H groups in total. The molecule has 8 aromatic rings. The van der Waals surface area contributed by atoms with Crippen molar-refractivity contribution in [1.29, 1.82) is 0 Å². The van der Waals surface area contributed by atoms with Gasteiger partial charge < -0.3 is 0 Å². The molecule has 0 amide bonds. The Balaban J connectivity index is 1.48. The molecule has 1 aliphatic rings. The maximum absolute atomic E-state index is 5.07. The minimum absolute atomic E-state index is 0.0739. The maximum Gasteiger partial charge on any atom is 0.0792 e. The molecule has 1 aliphatic carbocycles. The largest absolute Gasteiger partial charge is 0.256 e. The fourth-order valence-electron chi connectivity index (χ4n) is 7.82. The van der Waals surface area contributed by atoms with E-state index in [1.165, 1.54) is 82.4 Å². The molecule has 0 radical (unpaired) electrons. The second kappa shape index (κ2) is 9.74. The lowest BCUT2D eigenvalue weighted by molar-refractivity contribution is 0.660. The monoisotopic (exact) mass is 573 g/mol. The molecule has 1 nitrogen and oxygen atoms in total. The highest BCUT2D eigenvalue weighted by Crippen LogP contribution is 2.54. The summed E-state index contributed by atoms with van der Waals surface area (Å²) in [6.45, 7) is 4.72. The van der Waals surface area contributed by atoms with Crippen LogP contribution in [0.25, 0.3) is 77.0 Å². The van der Waals surface area contributed by atoms with Crippen LogP contribution in [-0.4, -0.2) is 4.98 Å². The molecule has 7 aromatic carbocycles. The van der Waals surface area contributed by atoms with E-state index in [2.05, 4.69) is 159 Å². The zero-order chi connectivity index (χ0) is 30.1. The predicted octanol–water partition coefficient (Wildman–Crippen LogP) is 11.8. The van der Waals surface area contributed by atoms with Crippen molar-refractivity contribution in [1.82, 2.24) is 4.98 Å². The van der Waals surface area contributed by atoms with Crippen molar-refractivity contribution in [2.45, 2.75) is 19.3 Å². The summed E-state index contributed by atoms with van der Waals surface area (Å²) in [6.07, 6.45) is 1.95. The van der Waals surface area contributed by atoms with Crippen LogP contribution in [0.1, 0.15) is 25.0 Å². The molecular formula is C44H31N. The highest BCUT2D eigenvalue weighted by Gasteiger charge is 2.37. The summed E-state index contributed by atoms with van der Waals surface area (Å²) < 4.78 is 0. The minimum Gasteiger partial charge on any atom is -0.256 e. The standard InChI is InChI=1S/C44H31N/c1-44(2)38-21-11-10-19-35(38)41-36(20-12-22-39(41)44)40-32-17-8-9-18-33(32)42(43-31-16-7-6-15-29(31)25-26-45-43)34-24-23-30(27-37(34)40)28-13-4-3-5-14-28/h3-27H,1-2H3. The number of benzene rings is 7. The number of aromatic nitrogens is 1. The zero-order valence-corrected chi connectivity index (χ0v) is 25.4. The van der Waals surface area contributed by atoms with Crippen LogP contribution in [-0.2, 0) is 5.41 Å². The quantitative estimate of drug-likeness (QED) is 0.192. The molecule has 9 rings (SSSR count). The summed E-state index contributed by atoms with van der Waals surface area (Å²) >= 11 is 0. The van der Waals surface area contributed by atoms with Crippen molar-refractivity contribution in [3.8, 4) is 44.6 Å². The van der Waals surface area contributed by atoms with Crippen LogP contribution < -0.4 is 0 Å². The van der Waals surface area contributed by atoms with E-state index in [1.54, 1.807) is 0 Å². The fraction of sp³-hybridized carbons (Fsp3) is 0.0682. The third-order valence-corrected chi connectivity index (χ3v) is 9.92. The van der Waals surface area contributed by atoms with Gasteiger partial charge in [-0.1, -0.05) is 147 Å². The smallest absolute Gasteiger partial charge is 0.0792 e. The van der Waals surface area contributed by atoms with Crippen LogP contribution >= 0.6 is 0 Å². The van der Waals surface area contributed by atoms with Crippen molar-refractivity contribution in [2.75, 3.05) is 0 Å². The molecule has 1 heteroatoms. The molecule has 0 aliphatic heterocycles. The zero-order valence-electron chi connectivity index (χ0n) is 25.4. The lowest BCUT2D eigenvalue weighted by atomic mass is 9.80. The summed E-state index contributed by atoms with van der Waals surface area (Å²) in [5, 5.41) is 7.30. The van der Waals surface area contributed by atoms with E-state index in [-0.39, 0.29) is 5.41 Å². The van der Waals surface area contributed by atoms with Gasteiger partial charge in [0.15, 0.2) is 0 Å². The molecule has 0 atom stereocenters. The maximum atomic E-state index is 5.07. The van der Waals surface area contributed by atoms with Crippen molar-refractivity contribution in [3.05, 3.63) is 163 Å². The molecule has 0 spiro atoms. The molecule has 0 saturated heterocycles. The first kappa shape index (κ1) is 25.9. The second-order valence-corrected chi connectivity index (χ2v) is 12.7. The number of pyridine rings is 1. The molecule has 45 heavy (non-hydrogen) atoms. The summed E-state index contributed by atoms with van der Waals surface area (Å²) in [7, 11) is 0. The first-order chi connectivity index (χ1) is 22.1. The number of hydrogen-bond donors (Lipinski definition) is 0. The van der Waals surface area contributed by atoms with E-state index in [4.69, 9.17) is 4.98 Å². The molecule has 1 heterocycles. The van der Waals surface area contributed by atoms with Crippen LogP contribution in [0.5, 0.6) is 0 Å². The van der Waals surface area contributed by atoms with E-state index in [1.807, 2.05) is 6.20 Å². The highest BCUT2D eigenvalue weighted by atomic mass is 14.7. The number of nitrogens with zero attached hydrogens (tertiary/aromatic N) is 1. The third-order valence-electron chi connectivity index (χ3n) is 9.92. The van der Waals surface area contributed by atoms with Crippen LogP contribution in [0.15, 0.2) is 152 Å². The second-order valence-electron chi connectivity index (χ2n) is 12.7. The Morgan fingerprint density at radius 3 is 1.91 bits per heavy atom. The molecular weight excluding hydrogens is 542 g/mol. The molecule has 0 bridgehead atoms. The summed E-state index contributed by atoms with van der Waals surface area (Å²) in [4.78, 5) is 5.07. The Labute approximate surface area is 263 Å². The van der Waals surface area contributed by atoms with Gasteiger partial charge in [0, 0.05) is 22.6 Å². The molecule has 212 valence electrons. The summed E-state index contributed by atoms with van der Waals surface area (Å²) in [5.74, 6) is 0. The van der Waals surface area contributed by atoms with Crippen LogP contribution in [0, 0.1) is 0 Å². The first-order valence-corrected chi connectivity index (χ1v) is 15.7. The van der Waals surface area contributed by atoms with Gasteiger partial charge in [-0.2, -0.15) is 0 Å². The normalized spacial score (nSPS) is 13.3. The van der Waals surface area contributed by atoms with Gasteiger partial charge in [0.05, 0.1) is 5.69 Å². The summed E-state index contributed by atoms with van der Waals surface area (Å²) in [6, 6.07) is 53.3. The van der Waals surface area contributed by atoms with Crippen molar-refractivity contribution >= 4 is 32.3 Å². The van der Waals surface area contributed by atoms with Gasteiger partial charge >= 0.3 is 0 Å². The first-order valence-electron chi connectivity index (χ1n) is 15.7. The van der Waals surface area contributed by atoms with E-state index >= 15 is 0 Å². The Bertz CT molecular complexity index is 2440. The van der Waals surface area contributed by atoms with Crippen LogP contribution in [0.2, 0.25) is 0 Å². The van der Waals surface area contributed by atoms with Gasteiger partial charge in [-0.25, -0.2) is 0 Å². The Morgan fingerprint density at radius 2 is 1.07 bits per heavy atom. The van der Waals surface area contributed by atoms with E-state index in [9.17, 15) is 0 Å². The lowest BCUT2D eigenvalue weighted by Gasteiger charge is -2.23. The number of rotatable bonds is 3. The lowest BCUT2D eigenvalue weighted by Crippen LogP contribution is -2.14. The topological polar surface area (TPSA) is 12.9 Å². The van der Waals surface area contributed by atoms with Crippen molar-refractivity contribution in [3.63, 3.8) is 0 Å². The summed E-state index contributed by atoms with van der Waals surface area (Å²) in [5.41, 5.74) is 12.6. The minimum atomic E-state index is -0.0739. The molecule has 0 fully saturated rings. The van der Waals surface area contributed by atoms with Gasteiger partial charge in [0.1, 0.15) is 0 Å². The average Bonchev–Trinajstić information content (AvgIpc) is 3.33. The van der Waals surface area contributed by atoms with E-state index in [0.717, 1.165) is 5.69 Å². The Kier molecular flexibility index (Phi) is 5.61. The SMILES string of the molecule is CC1(C)c2ccccc2-c2c(-c3c4ccccc4c(-c4nccc5ccccc45)c4ccc(-c5ccccc5)cc34)cccc21. The fourth-order valence-corrected chi connectivity index (χ4v) is 7.82. The van der Waals surface area contributed by atoms with Crippen LogP contribution in [0.4, 0.5) is 0 Å². The molecule has 0 saturated carbocycles. The molecule has 1 aromatic heterocycles. The van der Waals surface area contributed by atoms with Gasteiger partial charge in [-0.3, -0.25) is 4.98 Å². The Morgan fingerprint density at radius 1 is 0.422 bits per heavy atom. The van der Waals surface area contributed by atoms with E-state index < -0.39 is 0 Å². The van der Waals surface area contributed by atoms with Gasteiger partial charge in [0.25, 0.3) is 0 Å². The Hall–Kier alpha value is -5.53.